The first-order valence-corrected chi connectivity index (χ1v) is 7.16. The highest BCUT2D eigenvalue weighted by Gasteiger charge is 2.23. The fourth-order valence-corrected chi connectivity index (χ4v) is 2.80. The Bertz CT molecular complexity index is 431. The molecule has 2 rings (SSSR count). The van der Waals surface area contributed by atoms with E-state index < -0.39 is 0 Å². The first-order chi connectivity index (χ1) is 9.24. The van der Waals surface area contributed by atoms with E-state index in [1.54, 1.807) is 7.11 Å². The summed E-state index contributed by atoms with van der Waals surface area (Å²) in [6.45, 7) is 3.79. The number of nitrogens with zero attached hydrogens (tertiary/aromatic N) is 1. The van der Waals surface area contributed by atoms with Gasteiger partial charge in [-0.05, 0) is 37.9 Å². The summed E-state index contributed by atoms with van der Waals surface area (Å²) in [4.78, 5) is 14.7. The van der Waals surface area contributed by atoms with Crippen LogP contribution in [0.1, 0.15) is 43.0 Å². The second kappa shape index (κ2) is 6.71. The van der Waals surface area contributed by atoms with Gasteiger partial charge in [0.25, 0.3) is 0 Å². The summed E-state index contributed by atoms with van der Waals surface area (Å²) >= 11 is 0. The van der Waals surface area contributed by atoms with E-state index in [4.69, 9.17) is 4.74 Å². The second-order valence-corrected chi connectivity index (χ2v) is 5.18. The zero-order valence-electron chi connectivity index (χ0n) is 11.9. The van der Waals surface area contributed by atoms with Crippen molar-refractivity contribution in [3.8, 4) is 5.75 Å². The summed E-state index contributed by atoms with van der Waals surface area (Å²) < 4.78 is 5.17. The number of rotatable bonds is 5. The molecule has 1 aliphatic rings. The molecule has 1 fully saturated rings. The highest BCUT2D eigenvalue weighted by molar-refractivity contribution is 5.98. The summed E-state index contributed by atoms with van der Waals surface area (Å²) in [5.74, 6) is 0.941. The number of methoxy groups -OCH3 is 1. The van der Waals surface area contributed by atoms with Gasteiger partial charge in [0.1, 0.15) is 5.75 Å². The van der Waals surface area contributed by atoms with Crippen LogP contribution in [0.5, 0.6) is 5.75 Å². The largest absolute Gasteiger partial charge is 0.497 e. The van der Waals surface area contributed by atoms with Crippen LogP contribution in [0.25, 0.3) is 0 Å². The molecule has 19 heavy (non-hydrogen) atoms. The van der Waals surface area contributed by atoms with Crippen molar-refractivity contribution in [1.82, 2.24) is 4.90 Å². The molecule has 1 saturated heterocycles. The fraction of sp³-hybridized carbons (Fsp3) is 0.562. The van der Waals surface area contributed by atoms with Crippen LogP contribution in [0.15, 0.2) is 24.3 Å². The molecule has 3 nitrogen and oxygen atoms in total. The van der Waals surface area contributed by atoms with Gasteiger partial charge in [0, 0.05) is 11.6 Å². The molecule has 3 heteroatoms. The van der Waals surface area contributed by atoms with Gasteiger partial charge in [-0.1, -0.05) is 25.5 Å². The Morgan fingerprint density at radius 3 is 3.00 bits per heavy atom. The standard InChI is InChI=1S/C16H23NO2/c1-3-14-8-4-5-10-17(14)12-16(18)13-7-6-9-15(11-13)19-2/h6-7,9,11,14H,3-5,8,10,12H2,1-2H3. The number of carbonyl (C=O) groups excluding carboxylic acids is 1. The summed E-state index contributed by atoms with van der Waals surface area (Å²) in [7, 11) is 1.63. The van der Waals surface area contributed by atoms with E-state index in [2.05, 4.69) is 11.8 Å². The van der Waals surface area contributed by atoms with Crippen molar-refractivity contribution in [2.75, 3.05) is 20.2 Å². The number of ketones is 1. The molecule has 0 N–H and O–H groups in total. The first-order valence-electron chi connectivity index (χ1n) is 7.16. The Morgan fingerprint density at radius 1 is 1.42 bits per heavy atom. The minimum Gasteiger partial charge on any atom is -0.497 e. The number of hydrogen-bond donors (Lipinski definition) is 0. The van der Waals surface area contributed by atoms with Gasteiger partial charge in [0.05, 0.1) is 13.7 Å². The summed E-state index contributed by atoms with van der Waals surface area (Å²) in [5, 5.41) is 0. The van der Waals surface area contributed by atoms with Crippen LogP contribution in [-0.2, 0) is 0 Å². The lowest BCUT2D eigenvalue weighted by Gasteiger charge is -2.34. The van der Waals surface area contributed by atoms with E-state index in [1.807, 2.05) is 24.3 Å². The number of carbonyl (C=O) groups is 1. The summed E-state index contributed by atoms with van der Waals surface area (Å²) in [6, 6.07) is 8.01. The van der Waals surface area contributed by atoms with Gasteiger partial charge >= 0.3 is 0 Å². The molecule has 1 atom stereocenters. The molecule has 1 aliphatic heterocycles. The van der Waals surface area contributed by atoms with Crippen LogP contribution in [0.3, 0.4) is 0 Å². The van der Waals surface area contributed by atoms with E-state index in [0.717, 1.165) is 24.3 Å². The fourth-order valence-electron chi connectivity index (χ4n) is 2.80. The Labute approximate surface area is 115 Å². The van der Waals surface area contributed by atoms with Crippen LogP contribution in [0.2, 0.25) is 0 Å². The van der Waals surface area contributed by atoms with Gasteiger partial charge in [-0.2, -0.15) is 0 Å². The van der Waals surface area contributed by atoms with Crippen molar-refractivity contribution >= 4 is 5.78 Å². The molecule has 0 bridgehead atoms. The molecular formula is C16H23NO2. The minimum absolute atomic E-state index is 0.194. The Balaban J connectivity index is 2.02. The van der Waals surface area contributed by atoms with Crippen molar-refractivity contribution in [2.24, 2.45) is 0 Å². The predicted octanol–water partition coefficient (Wildman–Crippen LogP) is 3.14. The number of hydrogen-bond acceptors (Lipinski definition) is 3. The first kappa shape index (κ1) is 14.1. The van der Waals surface area contributed by atoms with Gasteiger partial charge in [0.15, 0.2) is 5.78 Å². The number of likely N-dealkylation sites (tertiary alicyclic amines) is 1. The molecule has 0 amide bonds. The Hall–Kier alpha value is -1.35. The number of piperidine rings is 1. The van der Waals surface area contributed by atoms with E-state index in [1.165, 1.54) is 19.3 Å². The van der Waals surface area contributed by atoms with Gasteiger partial charge in [-0.3, -0.25) is 9.69 Å². The molecule has 1 heterocycles. The van der Waals surface area contributed by atoms with Crippen LogP contribution >= 0.6 is 0 Å². The van der Waals surface area contributed by atoms with Gasteiger partial charge in [-0.15, -0.1) is 0 Å². The highest BCUT2D eigenvalue weighted by Crippen LogP contribution is 2.20. The molecule has 104 valence electrons. The third-order valence-corrected chi connectivity index (χ3v) is 3.96. The number of ether oxygens (including phenoxy) is 1. The van der Waals surface area contributed by atoms with Gasteiger partial charge in [0.2, 0.25) is 0 Å². The normalized spacial score (nSPS) is 20.2. The molecule has 0 saturated carbocycles. The monoisotopic (exact) mass is 261 g/mol. The van der Waals surface area contributed by atoms with Crippen LogP contribution in [0, 0.1) is 0 Å². The molecule has 1 unspecified atom stereocenters. The van der Waals surface area contributed by atoms with E-state index in [0.29, 0.717) is 12.6 Å². The molecule has 1 aromatic carbocycles. The smallest absolute Gasteiger partial charge is 0.176 e. The van der Waals surface area contributed by atoms with Crippen molar-refractivity contribution in [3.63, 3.8) is 0 Å². The topological polar surface area (TPSA) is 29.5 Å². The quantitative estimate of drug-likeness (QED) is 0.763. The molecular weight excluding hydrogens is 238 g/mol. The van der Waals surface area contributed by atoms with Crippen molar-refractivity contribution < 1.29 is 9.53 Å². The lowest BCUT2D eigenvalue weighted by atomic mass is 9.99. The SMILES string of the molecule is CCC1CCCCN1CC(=O)c1cccc(OC)c1. The minimum atomic E-state index is 0.194. The van der Waals surface area contributed by atoms with E-state index >= 15 is 0 Å². The molecule has 0 radical (unpaired) electrons. The molecule has 1 aromatic rings. The van der Waals surface area contributed by atoms with Crippen LogP contribution in [-0.4, -0.2) is 36.9 Å². The third kappa shape index (κ3) is 3.57. The zero-order chi connectivity index (χ0) is 13.7. The Morgan fingerprint density at radius 2 is 2.26 bits per heavy atom. The van der Waals surface area contributed by atoms with E-state index in [-0.39, 0.29) is 5.78 Å². The van der Waals surface area contributed by atoms with Crippen LogP contribution < -0.4 is 4.74 Å². The van der Waals surface area contributed by atoms with Gasteiger partial charge < -0.3 is 4.74 Å². The highest BCUT2D eigenvalue weighted by atomic mass is 16.5. The number of Topliss-reactive ketones (excluding diaryl/α,β-unsaturated/α-hetero) is 1. The Kier molecular flexibility index (Phi) is 4.97. The lowest BCUT2D eigenvalue weighted by molar-refractivity contribution is 0.0838. The maximum absolute atomic E-state index is 12.3. The number of benzene rings is 1. The third-order valence-electron chi connectivity index (χ3n) is 3.96. The average molecular weight is 261 g/mol. The zero-order valence-corrected chi connectivity index (χ0v) is 11.9. The summed E-state index contributed by atoms with van der Waals surface area (Å²) in [6.07, 6.45) is 4.86. The second-order valence-electron chi connectivity index (χ2n) is 5.18. The van der Waals surface area contributed by atoms with Crippen molar-refractivity contribution in [2.45, 2.75) is 38.6 Å². The van der Waals surface area contributed by atoms with Crippen molar-refractivity contribution in [1.29, 1.82) is 0 Å². The summed E-state index contributed by atoms with van der Waals surface area (Å²) in [5.41, 5.74) is 0.750. The van der Waals surface area contributed by atoms with Gasteiger partial charge in [-0.25, -0.2) is 0 Å². The van der Waals surface area contributed by atoms with E-state index in [9.17, 15) is 4.79 Å². The maximum atomic E-state index is 12.3. The molecule has 0 spiro atoms. The average Bonchev–Trinajstić information content (AvgIpc) is 2.47. The molecule has 0 aromatic heterocycles. The van der Waals surface area contributed by atoms with Crippen molar-refractivity contribution in [3.05, 3.63) is 29.8 Å². The maximum Gasteiger partial charge on any atom is 0.176 e. The lowest BCUT2D eigenvalue weighted by Crippen LogP contribution is -2.42. The predicted molar refractivity (Wildman–Crippen MR) is 76.8 cm³/mol. The van der Waals surface area contributed by atoms with Crippen LogP contribution in [0.4, 0.5) is 0 Å². The molecule has 0 aliphatic carbocycles.